The smallest absolute Gasteiger partial charge is 0.239 e. The van der Waals surface area contributed by atoms with E-state index in [1.807, 2.05) is 0 Å². The van der Waals surface area contributed by atoms with Gasteiger partial charge in [0.25, 0.3) is 0 Å². The van der Waals surface area contributed by atoms with Crippen molar-refractivity contribution in [3.05, 3.63) is 34.1 Å². The van der Waals surface area contributed by atoms with E-state index < -0.39 is 23.7 Å². The van der Waals surface area contributed by atoms with E-state index in [1.165, 1.54) is 6.07 Å². The van der Waals surface area contributed by atoms with Crippen molar-refractivity contribution in [2.45, 2.75) is 12.4 Å². The summed E-state index contributed by atoms with van der Waals surface area (Å²) in [6.45, 7) is 0. The minimum absolute atomic E-state index is 0.261. The van der Waals surface area contributed by atoms with Crippen LogP contribution < -0.4 is 0 Å². The zero-order valence-corrected chi connectivity index (χ0v) is 10.4. The van der Waals surface area contributed by atoms with E-state index >= 15 is 0 Å². The molecule has 19 heavy (non-hydrogen) atoms. The van der Waals surface area contributed by atoms with Crippen LogP contribution in [0.4, 0.5) is 26.3 Å². The molecule has 0 N–H and O–H groups in total. The Kier molecular flexibility index (Phi) is 3.20. The molecule has 1 aromatic carbocycles. The maximum absolute atomic E-state index is 12.6. The molecule has 0 spiro atoms. The number of alkyl halides is 6. The fourth-order valence-corrected chi connectivity index (χ4v) is 1.77. The van der Waals surface area contributed by atoms with Crippen molar-refractivity contribution < 1.29 is 26.3 Å². The van der Waals surface area contributed by atoms with Crippen LogP contribution in [0, 0.1) is 0 Å². The van der Waals surface area contributed by atoms with Crippen molar-refractivity contribution in [3.63, 3.8) is 0 Å². The van der Waals surface area contributed by atoms with Crippen LogP contribution in [0.3, 0.4) is 0 Å². The number of hydrogen-bond acceptors (Lipinski definition) is 2. The number of aromatic nitrogens is 2. The van der Waals surface area contributed by atoms with Gasteiger partial charge in [-0.1, -0.05) is 15.9 Å². The van der Waals surface area contributed by atoms with Crippen molar-refractivity contribution in [2.24, 2.45) is 0 Å². The second-order valence-corrected chi connectivity index (χ2v) is 4.47. The summed E-state index contributed by atoms with van der Waals surface area (Å²) < 4.78 is 75.9. The molecule has 102 valence electrons. The van der Waals surface area contributed by atoms with Crippen molar-refractivity contribution in [1.82, 2.24) is 9.97 Å². The van der Waals surface area contributed by atoms with Gasteiger partial charge in [-0.05, 0) is 18.2 Å². The highest BCUT2D eigenvalue weighted by Crippen LogP contribution is 2.39. The molecule has 1 heterocycles. The van der Waals surface area contributed by atoms with Gasteiger partial charge in [-0.25, -0.2) is 9.97 Å². The number of benzene rings is 1. The quantitative estimate of drug-likeness (QED) is 0.661. The zero-order valence-electron chi connectivity index (χ0n) is 8.77. The average molecular weight is 345 g/mol. The van der Waals surface area contributed by atoms with E-state index in [1.54, 1.807) is 0 Å². The molecule has 0 amide bonds. The minimum atomic E-state index is -5.23. The second kappa shape index (κ2) is 4.32. The average Bonchev–Trinajstić information content (AvgIpc) is 2.24. The fraction of sp³-hybridized carbons (Fsp3) is 0.200. The molecule has 0 bridgehead atoms. The molecule has 1 aromatic heterocycles. The predicted molar refractivity (Wildman–Crippen MR) is 57.2 cm³/mol. The van der Waals surface area contributed by atoms with Gasteiger partial charge < -0.3 is 0 Å². The summed E-state index contributed by atoms with van der Waals surface area (Å²) >= 11 is 2.99. The van der Waals surface area contributed by atoms with Gasteiger partial charge in [0, 0.05) is 4.47 Å². The van der Waals surface area contributed by atoms with Gasteiger partial charge in [-0.2, -0.15) is 26.3 Å². The Bertz CT molecular complexity index is 634. The van der Waals surface area contributed by atoms with E-state index in [9.17, 15) is 26.3 Å². The summed E-state index contributed by atoms with van der Waals surface area (Å²) in [6, 6.07) is 3.68. The van der Waals surface area contributed by atoms with Gasteiger partial charge in [-0.15, -0.1) is 0 Å². The molecule has 0 saturated carbocycles. The summed E-state index contributed by atoms with van der Waals surface area (Å²) in [6.07, 6.45) is -10.5. The Morgan fingerprint density at radius 3 is 1.74 bits per heavy atom. The molecular weight excluding hydrogens is 342 g/mol. The first-order chi connectivity index (χ1) is 8.59. The molecule has 0 saturated heterocycles. The molecule has 0 fully saturated rings. The van der Waals surface area contributed by atoms with Gasteiger partial charge in [0.05, 0.1) is 11.0 Å². The Hall–Kier alpha value is -1.38. The largest absolute Gasteiger partial charge is 0.435 e. The number of halogens is 7. The van der Waals surface area contributed by atoms with Gasteiger partial charge in [-0.3, -0.25) is 0 Å². The summed E-state index contributed by atoms with van der Waals surface area (Å²) in [5.74, 6) is 0. The van der Waals surface area contributed by atoms with Gasteiger partial charge in [0.1, 0.15) is 0 Å². The first kappa shape index (κ1) is 14.0. The van der Waals surface area contributed by atoms with Crippen LogP contribution in [-0.2, 0) is 12.4 Å². The standard InChI is InChI=1S/C10H3BrF6N2/c11-4-1-2-5-6(3-4)19-8(10(15,16)17)7(18-5)9(12,13)14/h1-3H. The molecule has 0 atom stereocenters. The third-order valence-corrected chi connectivity index (χ3v) is 2.66. The molecule has 2 nitrogen and oxygen atoms in total. The SMILES string of the molecule is FC(F)(F)c1nc2ccc(Br)cc2nc1C(F)(F)F. The molecule has 0 radical (unpaired) electrons. The number of hydrogen-bond donors (Lipinski definition) is 0. The van der Waals surface area contributed by atoms with E-state index in [2.05, 4.69) is 25.9 Å². The molecular formula is C10H3BrF6N2. The van der Waals surface area contributed by atoms with E-state index in [-0.39, 0.29) is 11.0 Å². The predicted octanol–water partition coefficient (Wildman–Crippen LogP) is 4.43. The number of nitrogens with zero attached hydrogens (tertiary/aromatic N) is 2. The highest BCUT2D eigenvalue weighted by molar-refractivity contribution is 9.10. The van der Waals surface area contributed by atoms with E-state index in [4.69, 9.17) is 0 Å². The summed E-state index contributed by atoms with van der Waals surface area (Å²) in [5.41, 5.74) is -4.60. The van der Waals surface area contributed by atoms with Crippen LogP contribution in [0.25, 0.3) is 11.0 Å². The summed E-state index contributed by atoms with van der Waals surface area (Å²) in [4.78, 5) is 6.06. The highest BCUT2D eigenvalue weighted by atomic mass is 79.9. The second-order valence-electron chi connectivity index (χ2n) is 3.55. The third-order valence-electron chi connectivity index (χ3n) is 2.16. The molecule has 2 aromatic rings. The fourth-order valence-electron chi connectivity index (χ4n) is 1.42. The highest BCUT2D eigenvalue weighted by Gasteiger charge is 2.46. The lowest BCUT2D eigenvalue weighted by Gasteiger charge is -2.14. The van der Waals surface area contributed by atoms with Crippen LogP contribution in [0.5, 0.6) is 0 Å². The van der Waals surface area contributed by atoms with Crippen LogP contribution in [0.15, 0.2) is 22.7 Å². The van der Waals surface area contributed by atoms with Crippen molar-refractivity contribution in [1.29, 1.82) is 0 Å². The van der Waals surface area contributed by atoms with Crippen molar-refractivity contribution in [2.75, 3.05) is 0 Å². The summed E-state index contributed by atoms with van der Waals surface area (Å²) in [5, 5.41) is 0. The maximum atomic E-state index is 12.6. The minimum Gasteiger partial charge on any atom is -0.239 e. The lowest BCUT2D eigenvalue weighted by Crippen LogP contribution is -2.20. The Morgan fingerprint density at radius 1 is 0.789 bits per heavy atom. The topological polar surface area (TPSA) is 25.8 Å². The van der Waals surface area contributed by atoms with Crippen LogP contribution in [-0.4, -0.2) is 9.97 Å². The molecule has 0 unspecified atom stereocenters. The molecule has 0 aliphatic heterocycles. The third kappa shape index (κ3) is 2.80. The molecule has 9 heteroatoms. The number of rotatable bonds is 0. The van der Waals surface area contributed by atoms with Gasteiger partial charge in [0.2, 0.25) is 0 Å². The maximum Gasteiger partial charge on any atom is 0.435 e. The Balaban J connectivity index is 2.82. The first-order valence-corrected chi connectivity index (χ1v) is 5.50. The first-order valence-electron chi connectivity index (χ1n) is 4.71. The molecule has 0 aliphatic rings. The Labute approximate surface area is 110 Å². The van der Waals surface area contributed by atoms with Crippen LogP contribution in [0.1, 0.15) is 11.4 Å². The normalized spacial score (nSPS) is 13.0. The van der Waals surface area contributed by atoms with Crippen molar-refractivity contribution in [3.8, 4) is 0 Å². The van der Waals surface area contributed by atoms with E-state index in [0.29, 0.717) is 4.47 Å². The van der Waals surface area contributed by atoms with Crippen molar-refractivity contribution >= 4 is 27.0 Å². The Morgan fingerprint density at radius 2 is 1.26 bits per heavy atom. The monoisotopic (exact) mass is 344 g/mol. The molecule has 0 aliphatic carbocycles. The number of fused-ring (bicyclic) bond motifs is 1. The summed E-state index contributed by atoms with van der Waals surface area (Å²) in [7, 11) is 0. The lowest BCUT2D eigenvalue weighted by atomic mass is 10.2. The van der Waals surface area contributed by atoms with Crippen LogP contribution in [0.2, 0.25) is 0 Å². The lowest BCUT2D eigenvalue weighted by molar-refractivity contribution is -0.167. The van der Waals surface area contributed by atoms with Crippen LogP contribution >= 0.6 is 15.9 Å². The van der Waals surface area contributed by atoms with E-state index in [0.717, 1.165) is 12.1 Å². The van der Waals surface area contributed by atoms with Gasteiger partial charge in [0.15, 0.2) is 11.4 Å². The molecule has 2 rings (SSSR count). The zero-order chi connectivity index (χ0) is 14.4. The van der Waals surface area contributed by atoms with Gasteiger partial charge >= 0.3 is 12.4 Å².